The second-order valence-electron chi connectivity index (χ2n) is 6.96. The van der Waals surface area contributed by atoms with Gasteiger partial charge in [-0.25, -0.2) is 4.98 Å². The number of methoxy groups -OCH3 is 1. The number of nitrogens with zero attached hydrogens (tertiary/aromatic N) is 3. The molecule has 1 aliphatic rings. The third-order valence-corrected chi connectivity index (χ3v) is 5.32. The van der Waals surface area contributed by atoms with Crippen LogP contribution in [0.1, 0.15) is 17.0 Å². The molecule has 0 aliphatic carbocycles. The average molecular weight is 444 g/mol. The number of alkyl halides is 2. The molecule has 0 saturated carbocycles. The quantitative estimate of drug-likeness (QED) is 0.371. The Labute approximate surface area is 181 Å². The Kier molecular flexibility index (Phi) is 4.86. The normalized spacial score (nSPS) is 12.8. The summed E-state index contributed by atoms with van der Waals surface area (Å²) in [6.45, 7) is -2.77. The number of pyridine rings is 1. The van der Waals surface area contributed by atoms with Gasteiger partial charge < -0.3 is 18.8 Å². The Morgan fingerprint density at radius 3 is 2.81 bits per heavy atom. The number of benzene rings is 2. The van der Waals surface area contributed by atoms with Crippen LogP contribution in [0.3, 0.4) is 0 Å². The van der Waals surface area contributed by atoms with Crippen molar-refractivity contribution in [3.8, 4) is 23.3 Å². The van der Waals surface area contributed by atoms with Gasteiger partial charge in [-0.3, -0.25) is 0 Å². The lowest BCUT2D eigenvalue weighted by Gasteiger charge is -2.16. The van der Waals surface area contributed by atoms with Crippen molar-refractivity contribution in [3.63, 3.8) is 0 Å². The van der Waals surface area contributed by atoms with E-state index >= 15 is 0 Å². The molecule has 9 heteroatoms. The van der Waals surface area contributed by atoms with Crippen molar-refractivity contribution in [2.75, 3.05) is 7.11 Å². The van der Waals surface area contributed by atoms with E-state index in [0.29, 0.717) is 40.3 Å². The SMILES string of the molecule is COc1ccc2c(n1)Oc1cccc(OC(F)F)c1Cn1c(nc3ccc(Cl)cc31)C2. The van der Waals surface area contributed by atoms with Gasteiger partial charge in [-0.1, -0.05) is 17.7 Å². The molecule has 4 aromatic rings. The van der Waals surface area contributed by atoms with Crippen molar-refractivity contribution >= 4 is 22.6 Å². The van der Waals surface area contributed by atoms with Gasteiger partial charge in [0.2, 0.25) is 11.8 Å². The Bertz CT molecular complexity index is 1290. The topological polar surface area (TPSA) is 58.4 Å². The van der Waals surface area contributed by atoms with E-state index in [2.05, 4.69) is 4.98 Å². The van der Waals surface area contributed by atoms with Crippen LogP contribution in [0.5, 0.6) is 23.3 Å². The molecule has 2 aromatic carbocycles. The highest BCUT2D eigenvalue weighted by Gasteiger charge is 2.23. The molecule has 31 heavy (non-hydrogen) atoms. The van der Waals surface area contributed by atoms with Crippen LogP contribution in [0.4, 0.5) is 8.78 Å². The van der Waals surface area contributed by atoms with Gasteiger partial charge in [0.1, 0.15) is 17.3 Å². The number of aromatic nitrogens is 3. The van der Waals surface area contributed by atoms with Gasteiger partial charge in [0.25, 0.3) is 0 Å². The number of rotatable bonds is 3. The number of hydrogen-bond acceptors (Lipinski definition) is 5. The molecule has 0 amide bonds. The van der Waals surface area contributed by atoms with Gasteiger partial charge in [0.05, 0.1) is 30.3 Å². The van der Waals surface area contributed by atoms with Crippen molar-refractivity contribution in [1.29, 1.82) is 0 Å². The summed E-state index contributed by atoms with van der Waals surface area (Å²) in [7, 11) is 1.51. The summed E-state index contributed by atoms with van der Waals surface area (Å²) in [4.78, 5) is 9.16. The lowest BCUT2D eigenvalue weighted by Crippen LogP contribution is -2.09. The highest BCUT2D eigenvalue weighted by Crippen LogP contribution is 2.38. The minimum atomic E-state index is -2.97. The van der Waals surface area contributed by atoms with Gasteiger partial charge in [0, 0.05) is 23.1 Å². The van der Waals surface area contributed by atoms with Crippen LogP contribution < -0.4 is 14.2 Å². The molecule has 2 aromatic heterocycles. The minimum Gasteiger partial charge on any atom is -0.481 e. The summed E-state index contributed by atoms with van der Waals surface area (Å²) in [6, 6.07) is 13.8. The van der Waals surface area contributed by atoms with Crippen LogP contribution in [-0.4, -0.2) is 28.3 Å². The number of halogens is 3. The Balaban J connectivity index is 1.77. The number of ether oxygens (including phenoxy) is 3. The van der Waals surface area contributed by atoms with Gasteiger partial charge in [0.15, 0.2) is 0 Å². The van der Waals surface area contributed by atoms with Crippen LogP contribution in [-0.2, 0) is 13.0 Å². The molecule has 6 nitrogen and oxygen atoms in total. The molecule has 0 radical (unpaired) electrons. The smallest absolute Gasteiger partial charge is 0.387 e. The van der Waals surface area contributed by atoms with Gasteiger partial charge >= 0.3 is 6.61 Å². The molecular weight excluding hydrogens is 428 g/mol. The molecular formula is C22H16ClF2N3O3. The molecule has 158 valence electrons. The summed E-state index contributed by atoms with van der Waals surface area (Å²) in [5.41, 5.74) is 2.75. The van der Waals surface area contributed by atoms with Crippen molar-refractivity contribution in [1.82, 2.24) is 14.5 Å². The summed E-state index contributed by atoms with van der Waals surface area (Å²) in [6.07, 6.45) is 0.414. The first-order valence-electron chi connectivity index (χ1n) is 9.45. The summed E-state index contributed by atoms with van der Waals surface area (Å²) >= 11 is 6.22. The zero-order valence-corrected chi connectivity index (χ0v) is 17.1. The summed E-state index contributed by atoms with van der Waals surface area (Å²) in [5, 5.41) is 0.551. The number of hydrogen-bond donors (Lipinski definition) is 0. The molecule has 0 unspecified atom stereocenters. The zero-order valence-electron chi connectivity index (χ0n) is 16.3. The van der Waals surface area contributed by atoms with E-state index in [9.17, 15) is 8.78 Å². The van der Waals surface area contributed by atoms with Gasteiger partial charge in [-0.05, 0) is 36.4 Å². The lowest BCUT2D eigenvalue weighted by atomic mass is 10.1. The molecule has 0 fully saturated rings. The molecule has 0 N–H and O–H groups in total. The average Bonchev–Trinajstić information content (AvgIpc) is 3.09. The monoisotopic (exact) mass is 443 g/mol. The van der Waals surface area contributed by atoms with Crippen LogP contribution in [0.15, 0.2) is 48.5 Å². The van der Waals surface area contributed by atoms with Crippen molar-refractivity contribution in [2.24, 2.45) is 0 Å². The summed E-state index contributed by atoms with van der Waals surface area (Å²) in [5.74, 6) is 1.78. The third kappa shape index (κ3) is 3.63. The molecule has 3 heterocycles. The largest absolute Gasteiger partial charge is 0.481 e. The Morgan fingerprint density at radius 1 is 1.13 bits per heavy atom. The van der Waals surface area contributed by atoms with Crippen LogP contribution in [0, 0.1) is 0 Å². The summed E-state index contributed by atoms with van der Waals surface area (Å²) < 4.78 is 44.2. The highest BCUT2D eigenvalue weighted by molar-refractivity contribution is 6.31. The maximum atomic E-state index is 13.1. The third-order valence-electron chi connectivity index (χ3n) is 5.09. The second kappa shape index (κ2) is 7.70. The van der Waals surface area contributed by atoms with Crippen LogP contribution in [0.25, 0.3) is 11.0 Å². The van der Waals surface area contributed by atoms with E-state index in [1.807, 2.05) is 16.7 Å². The molecule has 0 atom stereocenters. The van der Waals surface area contributed by atoms with E-state index in [-0.39, 0.29) is 12.3 Å². The minimum absolute atomic E-state index is 0.0219. The first kappa shape index (κ1) is 19.6. The Hall–Kier alpha value is -3.39. The Morgan fingerprint density at radius 2 is 2.00 bits per heavy atom. The molecule has 0 spiro atoms. The number of fused-ring (bicyclic) bond motifs is 5. The maximum Gasteiger partial charge on any atom is 0.387 e. The number of imidazole rings is 1. The molecule has 1 aliphatic heterocycles. The standard InChI is InChI=1S/C22H16ClF2N3O3/c1-29-20-8-5-12-9-19-26-15-7-6-13(23)10-16(15)28(19)11-14-17(30-21(12)27-20)3-2-4-18(14)31-22(24)25/h2-8,10,22H,9,11H2,1H3. The van der Waals surface area contributed by atoms with E-state index < -0.39 is 6.61 Å². The fourth-order valence-electron chi connectivity index (χ4n) is 3.68. The highest BCUT2D eigenvalue weighted by atomic mass is 35.5. The zero-order chi connectivity index (χ0) is 21.5. The molecule has 0 bridgehead atoms. The van der Waals surface area contributed by atoms with Crippen molar-refractivity contribution < 1.29 is 23.0 Å². The van der Waals surface area contributed by atoms with Crippen molar-refractivity contribution in [3.05, 3.63) is 70.5 Å². The first-order valence-corrected chi connectivity index (χ1v) is 9.83. The second-order valence-corrected chi connectivity index (χ2v) is 7.39. The van der Waals surface area contributed by atoms with Crippen molar-refractivity contribution in [2.45, 2.75) is 19.6 Å². The molecule has 5 rings (SSSR count). The fourth-order valence-corrected chi connectivity index (χ4v) is 3.85. The van der Waals surface area contributed by atoms with Gasteiger partial charge in [-0.2, -0.15) is 13.8 Å². The van der Waals surface area contributed by atoms with E-state index in [1.165, 1.54) is 13.2 Å². The van der Waals surface area contributed by atoms with Crippen LogP contribution >= 0.6 is 11.6 Å². The van der Waals surface area contributed by atoms with E-state index in [0.717, 1.165) is 16.6 Å². The fraction of sp³-hybridized carbons (Fsp3) is 0.182. The lowest BCUT2D eigenvalue weighted by molar-refractivity contribution is -0.0505. The van der Waals surface area contributed by atoms with Gasteiger partial charge in [-0.15, -0.1) is 0 Å². The first-order chi connectivity index (χ1) is 15.0. The maximum absolute atomic E-state index is 13.1. The molecule has 0 saturated heterocycles. The predicted molar refractivity (Wildman–Crippen MR) is 111 cm³/mol. The van der Waals surface area contributed by atoms with E-state index in [4.69, 9.17) is 30.8 Å². The van der Waals surface area contributed by atoms with E-state index in [1.54, 1.807) is 30.3 Å². The van der Waals surface area contributed by atoms with Crippen LogP contribution in [0.2, 0.25) is 5.02 Å². The predicted octanol–water partition coefficient (Wildman–Crippen LogP) is 5.44.